The van der Waals surface area contributed by atoms with Crippen LogP contribution in [-0.4, -0.2) is 26.3 Å². The van der Waals surface area contributed by atoms with Gasteiger partial charge in [-0.3, -0.25) is 4.98 Å². The van der Waals surface area contributed by atoms with Gasteiger partial charge in [-0.15, -0.1) is 0 Å². The minimum Gasteiger partial charge on any atom is -0.392 e. The van der Waals surface area contributed by atoms with Crippen molar-refractivity contribution in [3.63, 3.8) is 0 Å². The molecule has 100 valence electrons. The summed E-state index contributed by atoms with van der Waals surface area (Å²) in [5.74, 6) is 0.928. The van der Waals surface area contributed by atoms with E-state index in [2.05, 4.69) is 31.1 Å². The molecule has 2 aromatic rings. The third-order valence-corrected chi connectivity index (χ3v) is 4.10. The molecule has 1 aliphatic rings. The number of halogens is 1. The summed E-state index contributed by atoms with van der Waals surface area (Å²) < 4.78 is 6.13. The Bertz CT molecular complexity index is 573. The van der Waals surface area contributed by atoms with Crippen molar-refractivity contribution in [2.24, 2.45) is 0 Å². The summed E-state index contributed by atoms with van der Waals surface area (Å²) in [6.45, 7) is 0. The van der Waals surface area contributed by atoms with E-state index in [1.807, 2.05) is 12.1 Å². The number of pyridine rings is 1. The van der Waals surface area contributed by atoms with E-state index >= 15 is 0 Å². The Labute approximate surface area is 119 Å². The molecule has 1 aliphatic carbocycles. The fourth-order valence-electron chi connectivity index (χ4n) is 2.43. The zero-order valence-electron chi connectivity index (χ0n) is 10.3. The highest BCUT2D eigenvalue weighted by molar-refractivity contribution is 9.10. The third-order valence-electron chi connectivity index (χ3n) is 3.46. The first-order chi connectivity index (χ1) is 9.25. The highest BCUT2D eigenvalue weighted by atomic mass is 79.9. The fourth-order valence-corrected chi connectivity index (χ4v) is 2.86. The number of aromatic nitrogens is 3. The first-order valence-corrected chi connectivity index (χ1v) is 7.17. The van der Waals surface area contributed by atoms with Crippen molar-refractivity contribution in [2.75, 3.05) is 0 Å². The predicted molar refractivity (Wildman–Crippen MR) is 72.4 cm³/mol. The Morgan fingerprint density at radius 1 is 1.32 bits per heavy atom. The van der Waals surface area contributed by atoms with Gasteiger partial charge in [0.1, 0.15) is 5.69 Å². The van der Waals surface area contributed by atoms with Gasteiger partial charge in [0.2, 0.25) is 11.7 Å². The van der Waals surface area contributed by atoms with Crippen molar-refractivity contribution in [3.05, 3.63) is 28.7 Å². The second-order valence-corrected chi connectivity index (χ2v) is 5.60. The van der Waals surface area contributed by atoms with Crippen LogP contribution in [0.1, 0.15) is 37.5 Å². The summed E-state index contributed by atoms with van der Waals surface area (Å²) in [4.78, 5) is 8.62. The first kappa shape index (κ1) is 12.7. The Morgan fingerprint density at radius 3 is 2.95 bits per heavy atom. The molecule has 2 atom stereocenters. The number of nitrogens with zero attached hydrogens (tertiary/aromatic N) is 3. The van der Waals surface area contributed by atoms with E-state index in [1.165, 1.54) is 0 Å². The molecule has 0 aliphatic heterocycles. The zero-order valence-corrected chi connectivity index (χ0v) is 11.9. The molecule has 2 unspecified atom stereocenters. The van der Waals surface area contributed by atoms with E-state index < -0.39 is 0 Å². The van der Waals surface area contributed by atoms with Crippen LogP contribution in [0, 0.1) is 0 Å². The number of rotatable bonds is 2. The van der Waals surface area contributed by atoms with Crippen molar-refractivity contribution >= 4 is 15.9 Å². The zero-order chi connectivity index (χ0) is 13.2. The smallest absolute Gasteiger partial charge is 0.232 e. The maximum absolute atomic E-state index is 10.0. The Balaban J connectivity index is 1.89. The molecule has 1 fully saturated rings. The molecule has 0 radical (unpaired) electrons. The molecule has 3 rings (SSSR count). The van der Waals surface area contributed by atoms with Gasteiger partial charge >= 0.3 is 0 Å². The van der Waals surface area contributed by atoms with E-state index in [0.717, 1.165) is 30.2 Å². The van der Waals surface area contributed by atoms with Crippen LogP contribution < -0.4 is 0 Å². The Morgan fingerprint density at radius 2 is 2.16 bits per heavy atom. The molecule has 0 bridgehead atoms. The van der Waals surface area contributed by atoms with Crippen molar-refractivity contribution in [1.29, 1.82) is 0 Å². The second-order valence-electron chi connectivity index (χ2n) is 4.75. The van der Waals surface area contributed by atoms with Gasteiger partial charge in [-0.1, -0.05) is 18.0 Å². The second kappa shape index (κ2) is 5.38. The normalized spacial score (nSPS) is 23.5. The van der Waals surface area contributed by atoms with Gasteiger partial charge in [0.15, 0.2) is 0 Å². The summed E-state index contributed by atoms with van der Waals surface area (Å²) >= 11 is 3.42. The largest absolute Gasteiger partial charge is 0.392 e. The molecule has 6 heteroatoms. The van der Waals surface area contributed by atoms with Gasteiger partial charge in [0.25, 0.3) is 0 Å². The Hall–Kier alpha value is -1.27. The lowest BCUT2D eigenvalue weighted by atomic mass is 9.86. The standard InChI is InChI=1S/C13H14BrN3O2/c14-9-5-3-7-15-11(9)12-16-13(19-17-12)8-4-1-2-6-10(8)18/h3,5,7-8,10,18H,1-2,4,6H2. The highest BCUT2D eigenvalue weighted by Gasteiger charge is 2.29. The Kier molecular flexibility index (Phi) is 3.61. The van der Waals surface area contributed by atoms with Gasteiger partial charge in [-0.05, 0) is 40.9 Å². The van der Waals surface area contributed by atoms with Gasteiger partial charge in [-0.25, -0.2) is 0 Å². The van der Waals surface area contributed by atoms with Gasteiger partial charge in [-0.2, -0.15) is 4.98 Å². The molecule has 5 nitrogen and oxygen atoms in total. The minimum atomic E-state index is -0.380. The van der Waals surface area contributed by atoms with Crippen molar-refractivity contribution in [3.8, 4) is 11.5 Å². The minimum absolute atomic E-state index is 0.0440. The van der Waals surface area contributed by atoms with E-state index in [9.17, 15) is 5.11 Å². The molecule has 2 aromatic heterocycles. The molecule has 0 spiro atoms. The molecular formula is C13H14BrN3O2. The molecule has 1 saturated carbocycles. The maximum atomic E-state index is 10.0. The van der Waals surface area contributed by atoms with Crippen LogP contribution in [0.3, 0.4) is 0 Å². The lowest BCUT2D eigenvalue weighted by Crippen LogP contribution is -2.22. The number of aliphatic hydroxyl groups excluding tert-OH is 1. The third kappa shape index (κ3) is 2.55. The highest BCUT2D eigenvalue weighted by Crippen LogP contribution is 2.33. The molecule has 0 aromatic carbocycles. The van der Waals surface area contributed by atoms with Crippen molar-refractivity contribution in [1.82, 2.24) is 15.1 Å². The predicted octanol–water partition coefficient (Wildman–Crippen LogP) is 2.91. The lowest BCUT2D eigenvalue weighted by Gasteiger charge is -2.24. The van der Waals surface area contributed by atoms with Gasteiger partial charge in [0.05, 0.1) is 12.0 Å². The monoisotopic (exact) mass is 323 g/mol. The van der Waals surface area contributed by atoms with Crippen LogP contribution in [0.4, 0.5) is 0 Å². The van der Waals surface area contributed by atoms with Crippen LogP contribution in [-0.2, 0) is 0 Å². The van der Waals surface area contributed by atoms with Crippen LogP contribution in [0.25, 0.3) is 11.5 Å². The maximum Gasteiger partial charge on any atom is 0.232 e. The van der Waals surface area contributed by atoms with Crippen LogP contribution in [0.15, 0.2) is 27.3 Å². The number of hydrogen-bond acceptors (Lipinski definition) is 5. The summed E-state index contributed by atoms with van der Waals surface area (Å²) in [6.07, 6.45) is 5.15. The van der Waals surface area contributed by atoms with Gasteiger partial charge < -0.3 is 9.63 Å². The number of hydrogen-bond donors (Lipinski definition) is 1. The number of aliphatic hydroxyl groups is 1. The first-order valence-electron chi connectivity index (χ1n) is 6.38. The average Bonchev–Trinajstić information content (AvgIpc) is 2.89. The molecule has 2 heterocycles. The van der Waals surface area contributed by atoms with E-state index in [0.29, 0.717) is 17.4 Å². The van der Waals surface area contributed by atoms with Crippen molar-refractivity contribution in [2.45, 2.75) is 37.7 Å². The molecule has 0 saturated heterocycles. The van der Waals surface area contributed by atoms with Crippen LogP contribution in [0.2, 0.25) is 0 Å². The lowest BCUT2D eigenvalue weighted by molar-refractivity contribution is 0.0908. The summed E-state index contributed by atoms with van der Waals surface area (Å²) in [5.41, 5.74) is 0.655. The summed E-state index contributed by atoms with van der Waals surface area (Å²) in [5, 5.41) is 14.0. The van der Waals surface area contributed by atoms with Gasteiger partial charge in [0, 0.05) is 10.7 Å². The van der Waals surface area contributed by atoms with Crippen molar-refractivity contribution < 1.29 is 9.63 Å². The fraction of sp³-hybridized carbons (Fsp3) is 0.462. The molecule has 1 N–H and O–H groups in total. The summed E-state index contributed by atoms with van der Waals surface area (Å²) in [6, 6.07) is 3.72. The molecule has 0 amide bonds. The van der Waals surface area contributed by atoms with Crippen LogP contribution >= 0.6 is 15.9 Å². The quantitative estimate of drug-likeness (QED) is 0.919. The van der Waals surface area contributed by atoms with Crippen LogP contribution in [0.5, 0.6) is 0 Å². The molecule has 19 heavy (non-hydrogen) atoms. The average molecular weight is 324 g/mol. The van der Waals surface area contributed by atoms with E-state index in [4.69, 9.17) is 4.52 Å². The summed E-state index contributed by atoms with van der Waals surface area (Å²) in [7, 11) is 0. The van der Waals surface area contributed by atoms with E-state index in [1.54, 1.807) is 6.20 Å². The van der Waals surface area contributed by atoms with E-state index in [-0.39, 0.29) is 12.0 Å². The topological polar surface area (TPSA) is 72.0 Å². The molecular weight excluding hydrogens is 310 g/mol. The SMILES string of the molecule is OC1CCCCC1c1nc(-c2ncccc2Br)no1.